The number of carboxylic acid groups (broad SMARTS) is 1. The van der Waals surface area contributed by atoms with Gasteiger partial charge in [0.05, 0.1) is 0 Å². The second kappa shape index (κ2) is 5.49. The second-order valence-corrected chi connectivity index (χ2v) is 3.86. The zero-order valence-electron chi connectivity index (χ0n) is 8.74. The summed E-state index contributed by atoms with van der Waals surface area (Å²) in [5, 5.41) is 8.43. The van der Waals surface area contributed by atoms with Gasteiger partial charge >= 0.3 is 5.97 Å². The molecule has 3 nitrogen and oxygen atoms in total. The molecule has 0 bridgehead atoms. The average Bonchev–Trinajstić information content (AvgIpc) is 2.47. The van der Waals surface area contributed by atoms with Gasteiger partial charge in [0, 0.05) is 12.3 Å². The normalized spacial score (nSPS) is 19.9. The lowest BCUT2D eigenvalue weighted by Gasteiger charge is -2.08. The zero-order chi connectivity index (χ0) is 11.3. The van der Waals surface area contributed by atoms with Crippen molar-refractivity contribution < 1.29 is 14.7 Å². The Morgan fingerprint density at radius 1 is 1.33 bits per heavy atom. The van der Waals surface area contributed by atoms with Crippen molar-refractivity contribution in [3.05, 3.63) is 24.3 Å². The van der Waals surface area contributed by atoms with Crippen LogP contribution >= 0.6 is 0 Å². The minimum Gasteiger partial charge on any atom is -0.481 e. The maximum Gasteiger partial charge on any atom is 0.303 e. The molecular formula is C12H16O3. The summed E-state index contributed by atoms with van der Waals surface area (Å²) in [5.74, 6) is -0.661. The summed E-state index contributed by atoms with van der Waals surface area (Å²) in [7, 11) is 0. The lowest BCUT2D eigenvalue weighted by molar-refractivity contribution is -0.137. The highest BCUT2D eigenvalue weighted by Gasteiger charge is 2.22. The first-order chi connectivity index (χ1) is 7.11. The van der Waals surface area contributed by atoms with Gasteiger partial charge in [-0.25, -0.2) is 0 Å². The third kappa shape index (κ3) is 3.70. The van der Waals surface area contributed by atoms with Crippen molar-refractivity contribution in [3.8, 4) is 0 Å². The Morgan fingerprint density at radius 3 is 2.60 bits per heavy atom. The minimum atomic E-state index is -0.752. The van der Waals surface area contributed by atoms with Gasteiger partial charge in [-0.1, -0.05) is 25.5 Å². The van der Waals surface area contributed by atoms with Crippen LogP contribution < -0.4 is 0 Å². The van der Waals surface area contributed by atoms with E-state index in [-0.39, 0.29) is 18.1 Å². The van der Waals surface area contributed by atoms with Crippen LogP contribution in [0.1, 0.15) is 32.1 Å². The highest BCUT2D eigenvalue weighted by atomic mass is 16.4. The van der Waals surface area contributed by atoms with E-state index in [1.165, 1.54) is 0 Å². The number of carbonyl (C=O) groups is 2. The lowest BCUT2D eigenvalue weighted by atomic mass is 9.95. The molecule has 0 saturated carbocycles. The Kier molecular flexibility index (Phi) is 4.28. The van der Waals surface area contributed by atoms with Crippen molar-refractivity contribution in [2.75, 3.05) is 0 Å². The Balaban J connectivity index is 2.13. The number of unbranched alkanes of at least 4 members (excludes halogenated alkanes) is 2. The van der Waals surface area contributed by atoms with E-state index in [0.717, 1.165) is 24.8 Å². The predicted octanol–water partition coefficient (Wildman–Crippen LogP) is 2.33. The van der Waals surface area contributed by atoms with Crippen LogP contribution in [0.15, 0.2) is 24.3 Å². The van der Waals surface area contributed by atoms with Crippen LogP contribution in [0.4, 0.5) is 0 Å². The third-order valence-electron chi connectivity index (χ3n) is 2.64. The van der Waals surface area contributed by atoms with Crippen LogP contribution in [0.3, 0.4) is 0 Å². The maximum atomic E-state index is 11.3. The number of carboxylic acids is 1. The highest BCUT2D eigenvalue weighted by molar-refractivity contribution is 5.97. The summed E-state index contributed by atoms with van der Waals surface area (Å²) >= 11 is 0. The first-order valence-corrected chi connectivity index (χ1v) is 5.24. The number of carbonyl (C=O) groups excluding carboxylic acids is 1. The molecule has 0 fully saturated rings. The summed E-state index contributed by atoms with van der Waals surface area (Å²) in [6.07, 6.45) is 6.81. The molecule has 0 radical (unpaired) electrons. The van der Waals surface area contributed by atoms with Crippen LogP contribution in [0.2, 0.25) is 0 Å². The van der Waals surface area contributed by atoms with Gasteiger partial charge < -0.3 is 5.11 Å². The monoisotopic (exact) mass is 208 g/mol. The quantitative estimate of drug-likeness (QED) is 0.681. The molecule has 0 aliphatic heterocycles. The van der Waals surface area contributed by atoms with Crippen LogP contribution in [0.25, 0.3) is 0 Å². The van der Waals surface area contributed by atoms with Crippen LogP contribution in [-0.4, -0.2) is 16.9 Å². The molecule has 1 aliphatic carbocycles. The molecule has 3 heteroatoms. The van der Waals surface area contributed by atoms with E-state index in [9.17, 15) is 9.59 Å². The van der Waals surface area contributed by atoms with Crippen molar-refractivity contribution >= 4 is 11.8 Å². The molecule has 0 aromatic rings. The summed E-state index contributed by atoms with van der Waals surface area (Å²) in [4.78, 5) is 21.6. The Morgan fingerprint density at radius 2 is 2.07 bits per heavy atom. The molecule has 1 atom stereocenters. The summed E-state index contributed by atoms with van der Waals surface area (Å²) in [5.41, 5.74) is 0.887. The molecule has 1 aliphatic rings. The predicted molar refractivity (Wildman–Crippen MR) is 57.5 cm³/mol. The number of allylic oxidation sites excluding steroid dienone is 3. The van der Waals surface area contributed by atoms with E-state index in [4.69, 9.17) is 5.11 Å². The van der Waals surface area contributed by atoms with E-state index >= 15 is 0 Å². The Labute approximate surface area is 89.5 Å². The third-order valence-corrected chi connectivity index (χ3v) is 2.64. The van der Waals surface area contributed by atoms with Gasteiger partial charge in [0.2, 0.25) is 0 Å². The molecular weight excluding hydrogens is 192 g/mol. The Bertz CT molecular complexity index is 284. The lowest BCUT2D eigenvalue weighted by Crippen LogP contribution is -2.08. The van der Waals surface area contributed by atoms with Crippen molar-refractivity contribution in [2.45, 2.75) is 32.1 Å². The van der Waals surface area contributed by atoms with Gasteiger partial charge in [-0.2, -0.15) is 0 Å². The minimum absolute atomic E-state index is 0.0465. The average molecular weight is 208 g/mol. The van der Waals surface area contributed by atoms with Crippen molar-refractivity contribution in [1.82, 2.24) is 0 Å². The van der Waals surface area contributed by atoms with Gasteiger partial charge in [-0.15, -0.1) is 0 Å². The molecule has 0 heterocycles. The number of ketones is 1. The van der Waals surface area contributed by atoms with Crippen LogP contribution in [0.5, 0.6) is 0 Å². The molecule has 0 aromatic carbocycles. The van der Waals surface area contributed by atoms with Crippen molar-refractivity contribution in [3.63, 3.8) is 0 Å². The zero-order valence-corrected chi connectivity index (χ0v) is 8.74. The fraction of sp³-hybridized carbons (Fsp3) is 0.500. The van der Waals surface area contributed by atoms with E-state index in [1.807, 2.05) is 0 Å². The number of rotatable bonds is 6. The van der Waals surface area contributed by atoms with E-state index in [2.05, 4.69) is 6.58 Å². The van der Waals surface area contributed by atoms with Crippen molar-refractivity contribution in [1.29, 1.82) is 0 Å². The highest BCUT2D eigenvalue weighted by Crippen LogP contribution is 2.25. The second-order valence-electron chi connectivity index (χ2n) is 3.86. The van der Waals surface area contributed by atoms with E-state index < -0.39 is 5.97 Å². The standard InChI is InChI=1S/C12H16O3/c1-9-7-8-11(13)10(9)5-3-2-4-6-12(14)15/h7-8,10H,1-6H2,(H,14,15). The fourth-order valence-electron chi connectivity index (χ4n) is 1.73. The topological polar surface area (TPSA) is 54.4 Å². The van der Waals surface area contributed by atoms with Crippen LogP contribution in [0, 0.1) is 5.92 Å². The first kappa shape index (κ1) is 11.7. The van der Waals surface area contributed by atoms with E-state index in [0.29, 0.717) is 6.42 Å². The molecule has 0 aromatic heterocycles. The summed E-state index contributed by atoms with van der Waals surface area (Å²) in [6, 6.07) is 0. The molecule has 15 heavy (non-hydrogen) atoms. The largest absolute Gasteiger partial charge is 0.481 e. The van der Waals surface area contributed by atoms with Gasteiger partial charge in [-0.3, -0.25) is 9.59 Å². The first-order valence-electron chi connectivity index (χ1n) is 5.24. The Hall–Kier alpha value is -1.38. The van der Waals surface area contributed by atoms with Gasteiger partial charge in [0.15, 0.2) is 5.78 Å². The number of aliphatic carboxylic acids is 1. The van der Waals surface area contributed by atoms with Crippen LogP contribution in [-0.2, 0) is 9.59 Å². The molecule has 0 saturated heterocycles. The molecule has 0 amide bonds. The molecule has 82 valence electrons. The van der Waals surface area contributed by atoms with Gasteiger partial charge in [-0.05, 0) is 24.5 Å². The molecule has 1 unspecified atom stereocenters. The summed E-state index contributed by atoms with van der Waals surface area (Å²) < 4.78 is 0. The maximum absolute atomic E-state index is 11.3. The van der Waals surface area contributed by atoms with Gasteiger partial charge in [0.25, 0.3) is 0 Å². The van der Waals surface area contributed by atoms with E-state index in [1.54, 1.807) is 12.2 Å². The number of hydrogen-bond donors (Lipinski definition) is 1. The van der Waals surface area contributed by atoms with Gasteiger partial charge in [0.1, 0.15) is 0 Å². The smallest absolute Gasteiger partial charge is 0.303 e. The summed E-state index contributed by atoms with van der Waals surface area (Å²) in [6.45, 7) is 3.81. The van der Waals surface area contributed by atoms with Crippen molar-refractivity contribution in [2.24, 2.45) is 5.92 Å². The molecule has 1 rings (SSSR count). The number of hydrogen-bond acceptors (Lipinski definition) is 2. The fourth-order valence-corrected chi connectivity index (χ4v) is 1.73. The molecule has 0 spiro atoms. The molecule has 1 N–H and O–H groups in total. The SMILES string of the molecule is C=C1C=CC(=O)C1CCCCCC(=O)O.